The topological polar surface area (TPSA) is 25.2 Å². The van der Waals surface area contributed by atoms with E-state index in [9.17, 15) is 0 Å². The monoisotopic (exact) mass is 275 g/mol. The molecule has 20 heavy (non-hydrogen) atoms. The molecule has 4 atom stereocenters. The molecular formula is C18H29NO. The third-order valence-electron chi connectivity index (χ3n) is 5.57. The molecule has 2 saturated carbocycles. The van der Waals surface area contributed by atoms with Crippen molar-refractivity contribution in [2.45, 2.75) is 64.3 Å². The zero-order valence-corrected chi connectivity index (χ0v) is 12.8. The lowest BCUT2D eigenvalue weighted by Gasteiger charge is -2.42. The van der Waals surface area contributed by atoms with Crippen LogP contribution in [0.5, 0.6) is 0 Å². The first-order chi connectivity index (χ1) is 9.88. The smallest absolute Gasteiger partial charge is 0.0950 e. The lowest BCUT2D eigenvalue weighted by Crippen LogP contribution is -2.35. The molecule has 2 aliphatic rings. The van der Waals surface area contributed by atoms with Crippen molar-refractivity contribution in [2.24, 2.45) is 17.8 Å². The molecule has 0 saturated heterocycles. The first kappa shape index (κ1) is 14.2. The van der Waals surface area contributed by atoms with Crippen molar-refractivity contribution in [3.05, 3.63) is 24.2 Å². The number of furan rings is 1. The molecule has 0 bridgehead atoms. The Morgan fingerprint density at radius 3 is 2.80 bits per heavy atom. The van der Waals surface area contributed by atoms with E-state index in [-0.39, 0.29) is 0 Å². The van der Waals surface area contributed by atoms with Gasteiger partial charge in [0.15, 0.2) is 0 Å². The standard InChI is InChI=1S/C18H29NO/c1-2-10-19-18(17-9-11-20-13-17)16-8-7-14-5-3-4-6-15(14)12-16/h9,11,13-16,18-19H,2-8,10,12H2,1H3. The Kier molecular flexibility index (Phi) is 4.82. The van der Waals surface area contributed by atoms with Crippen LogP contribution in [0, 0.1) is 17.8 Å². The molecule has 0 aromatic carbocycles. The minimum absolute atomic E-state index is 0.511. The molecule has 2 aliphatic carbocycles. The van der Waals surface area contributed by atoms with Crippen LogP contribution in [0.3, 0.4) is 0 Å². The average molecular weight is 275 g/mol. The maximum Gasteiger partial charge on any atom is 0.0950 e. The lowest BCUT2D eigenvalue weighted by atomic mass is 9.65. The van der Waals surface area contributed by atoms with Crippen LogP contribution in [-0.4, -0.2) is 6.54 Å². The van der Waals surface area contributed by atoms with Crippen molar-refractivity contribution in [2.75, 3.05) is 6.54 Å². The summed E-state index contributed by atoms with van der Waals surface area (Å²) in [7, 11) is 0. The van der Waals surface area contributed by atoms with Gasteiger partial charge in [0.25, 0.3) is 0 Å². The average Bonchev–Trinajstić information content (AvgIpc) is 3.02. The van der Waals surface area contributed by atoms with Gasteiger partial charge in [-0.1, -0.05) is 32.6 Å². The summed E-state index contributed by atoms with van der Waals surface area (Å²) in [6.07, 6.45) is 15.2. The number of rotatable bonds is 5. The Labute approximate surface area is 123 Å². The molecule has 1 heterocycles. The molecule has 112 valence electrons. The van der Waals surface area contributed by atoms with Gasteiger partial charge in [-0.15, -0.1) is 0 Å². The fraction of sp³-hybridized carbons (Fsp3) is 0.778. The van der Waals surface area contributed by atoms with Crippen molar-refractivity contribution in [1.82, 2.24) is 5.32 Å². The third kappa shape index (κ3) is 3.11. The van der Waals surface area contributed by atoms with E-state index in [4.69, 9.17) is 4.42 Å². The maximum atomic E-state index is 5.33. The number of fused-ring (bicyclic) bond motifs is 1. The van der Waals surface area contributed by atoms with Crippen LogP contribution in [0.4, 0.5) is 0 Å². The van der Waals surface area contributed by atoms with E-state index in [2.05, 4.69) is 18.3 Å². The first-order valence-electron chi connectivity index (χ1n) is 8.64. The Hall–Kier alpha value is -0.760. The van der Waals surface area contributed by atoms with Gasteiger partial charge in [0, 0.05) is 11.6 Å². The summed E-state index contributed by atoms with van der Waals surface area (Å²) in [6, 6.07) is 2.66. The summed E-state index contributed by atoms with van der Waals surface area (Å²) < 4.78 is 5.33. The molecule has 0 aliphatic heterocycles. The van der Waals surface area contributed by atoms with Crippen LogP contribution >= 0.6 is 0 Å². The van der Waals surface area contributed by atoms with Crippen molar-refractivity contribution in [3.8, 4) is 0 Å². The Bertz CT molecular complexity index is 386. The highest BCUT2D eigenvalue weighted by atomic mass is 16.3. The molecule has 2 heteroatoms. The van der Waals surface area contributed by atoms with E-state index in [0.717, 1.165) is 24.3 Å². The van der Waals surface area contributed by atoms with Crippen LogP contribution in [0.15, 0.2) is 23.0 Å². The molecule has 3 rings (SSSR count). The van der Waals surface area contributed by atoms with Gasteiger partial charge in [-0.25, -0.2) is 0 Å². The zero-order chi connectivity index (χ0) is 13.8. The second kappa shape index (κ2) is 6.80. The van der Waals surface area contributed by atoms with Crippen molar-refractivity contribution in [3.63, 3.8) is 0 Å². The highest BCUT2D eigenvalue weighted by Crippen LogP contribution is 2.46. The fourth-order valence-corrected chi connectivity index (χ4v) is 4.52. The number of nitrogens with one attached hydrogen (secondary N) is 1. The Morgan fingerprint density at radius 1 is 1.20 bits per heavy atom. The van der Waals surface area contributed by atoms with E-state index in [1.165, 1.54) is 56.9 Å². The minimum atomic E-state index is 0.511. The Balaban J connectivity index is 1.67. The quantitative estimate of drug-likeness (QED) is 0.824. The van der Waals surface area contributed by atoms with Crippen LogP contribution in [0.2, 0.25) is 0 Å². The van der Waals surface area contributed by atoms with Gasteiger partial charge in [-0.05, 0) is 56.0 Å². The van der Waals surface area contributed by atoms with Crippen molar-refractivity contribution >= 4 is 0 Å². The molecule has 1 aromatic rings. The Morgan fingerprint density at radius 2 is 2.05 bits per heavy atom. The molecule has 2 fully saturated rings. The highest BCUT2D eigenvalue weighted by Gasteiger charge is 2.35. The van der Waals surface area contributed by atoms with Gasteiger partial charge in [-0.3, -0.25) is 0 Å². The van der Waals surface area contributed by atoms with Crippen molar-refractivity contribution in [1.29, 1.82) is 0 Å². The molecule has 0 spiro atoms. The van der Waals surface area contributed by atoms with Gasteiger partial charge < -0.3 is 9.73 Å². The summed E-state index contributed by atoms with van der Waals surface area (Å²) in [5.41, 5.74) is 1.36. The van der Waals surface area contributed by atoms with Gasteiger partial charge in [-0.2, -0.15) is 0 Å². The SMILES string of the molecule is CCCNC(c1ccoc1)C1CCC2CCCCC2C1. The largest absolute Gasteiger partial charge is 0.472 e. The van der Waals surface area contributed by atoms with Crippen molar-refractivity contribution < 1.29 is 4.42 Å². The van der Waals surface area contributed by atoms with Crippen LogP contribution in [0.25, 0.3) is 0 Å². The number of hydrogen-bond donors (Lipinski definition) is 1. The first-order valence-corrected chi connectivity index (χ1v) is 8.64. The molecule has 4 unspecified atom stereocenters. The van der Waals surface area contributed by atoms with E-state index in [1.807, 2.05) is 12.5 Å². The maximum absolute atomic E-state index is 5.33. The summed E-state index contributed by atoms with van der Waals surface area (Å²) >= 11 is 0. The molecule has 1 N–H and O–H groups in total. The van der Waals surface area contributed by atoms with Gasteiger partial charge in [0.1, 0.15) is 0 Å². The number of hydrogen-bond acceptors (Lipinski definition) is 2. The second-order valence-corrected chi connectivity index (χ2v) is 6.87. The summed E-state index contributed by atoms with van der Waals surface area (Å²) in [6.45, 7) is 3.36. The molecule has 0 radical (unpaired) electrons. The van der Waals surface area contributed by atoms with Crippen LogP contribution in [-0.2, 0) is 0 Å². The van der Waals surface area contributed by atoms with Gasteiger partial charge in [0.05, 0.1) is 12.5 Å². The molecule has 0 amide bonds. The van der Waals surface area contributed by atoms with Gasteiger partial charge in [0.2, 0.25) is 0 Å². The molecule has 1 aromatic heterocycles. The minimum Gasteiger partial charge on any atom is -0.472 e. The molecule has 2 nitrogen and oxygen atoms in total. The van der Waals surface area contributed by atoms with E-state index in [0.29, 0.717) is 6.04 Å². The summed E-state index contributed by atoms with van der Waals surface area (Å²) in [5.74, 6) is 2.84. The zero-order valence-electron chi connectivity index (χ0n) is 12.8. The van der Waals surface area contributed by atoms with E-state index < -0.39 is 0 Å². The van der Waals surface area contributed by atoms with Gasteiger partial charge >= 0.3 is 0 Å². The summed E-state index contributed by atoms with van der Waals surface area (Å²) in [5, 5.41) is 3.78. The van der Waals surface area contributed by atoms with E-state index >= 15 is 0 Å². The molecular weight excluding hydrogens is 246 g/mol. The summed E-state index contributed by atoms with van der Waals surface area (Å²) in [4.78, 5) is 0. The van der Waals surface area contributed by atoms with Crippen LogP contribution < -0.4 is 5.32 Å². The van der Waals surface area contributed by atoms with E-state index in [1.54, 1.807) is 0 Å². The third-order valence-corrected chi connectivity index (χ3v) is 5.57. The normalized spacial score (nSPS) is 31.8. The fourth-order valence-electron chi connectivity index (χ4n) is 4.52. The predicted octanol–water partition coefficient (Wildman–Crippen LogP) is 4.93. The lowest BCUT2D eigenvalue weighted by molar-refractivity contribution is 0.109. The van der Waals surface area contributed by atoms with Crippen LogP contribution in [0.1, 0.15) is 69.9 Å². The second-order valence-electron chi connectivity index (χ2n) is 6.87. The highest BCUT2D eigenvalue weighted by molar-refractivity contribution is 5.13. The predicted molar refractivity (Wildman–Crippen MR) is 82.5 cm³/mol.